The second-order valence-electron chi connectivity index (χ2n) is 16.1. The third-order valence-corrected chi connectivity index (χ3v) is 10.2. The van der Waals surface area contributed by atoms with E-state index in [1.165, 1.54) is 70.6 Å². The van der Waals surface area contributed by atoms with E-state index in [4.69, 9.17) is 14.2 Å². The molecule has 0 rings (SSSR count). The normalized spacial score (nSPS) is 13.0. The molecule has 0 saturated carbocycles. The first-order chi connectivity index (χ1) is 30.5. The minimum Gasteiger partial charge on any atom is -0.462 e. The van der Waals surface area contributed by atoms with Crippen LogP contribution in [0.5, 0.6) is 0 Å². The standard InChI is InChI=1S/C56H90O6/c1-4-7-10-13-16-19-22-25-26-27-28-29-32-34-37-40-43-46-49-55(58)61-52-53(62-56(59)50-47-44-41-38-35-31-24-21-18-15-12-9-6-3)51-60-54(57)48-45-42-39-36-33-30-23-20-17-14-11-8-5-2/h9,12,15,18,21-22,24-31,33,35,39,42,53H,4-8,10-11,13-14,16-17,19-20,23,32,34,36-38,40-41,43-52H2,1-3H3/b12-9+,18-15+,24-21+,25-22+,27-26+,29-28+,33-30+,35-31+,42-39+. The quantitative estimate of drug-likeness (QED) is 0.0200. The van der Waals surface area contributed by atoms with Gasteiger partial charge in [-0.05, 0) is 83.5 Å². The van der Waals surface area contributed by atoms with Crippen LogP contribution in [-0.2, 0) is 28.6 Å². The summed E-state index contributed by atoms with van der Waals surface area (Å²) in [6, 6.07) is 0. The Morgan fingerprint density at radius 1 is 0.355 bits per heavy atom. The molecule has 0 radical (unpaired) electrons. The van der Waals surface area contributed by atoms with Crippen molar-refractivity contribution in [2.24, 2.45) is 0 Å². The molecule has 0 aromatic heterocycles. The average Bonchev–Trinajstić information content (AvgIpc) is 3.27. The lowest BCUT2D eigenvalue weighted by Gasteiger charge is -2.18. The van der Waals surface area contributed by atoms with Crippen molar-refractivity contribution >= 4 is 17.9 Å². The molecule has 0 aromatic carbocycles. The van der Waals surface area contributed by atoms with Crippen LogP contribution >= 0.6 is 0 Å². The van der Waals surface area contributed by atoms with E-state index in [0.29, 0.717) is 19.3 Å². The first-order valence-corrected chi connectivity index (χ1v) is 25.0. The van der Waals surface area contributed by atoms with E-state index < -0.39 is 6.10 Å². The maximum absolute atomic E-state index is 12.7. The molecule has 0 bridgehead atoms. The summed E-state index contributed by atoms with van der Waals surface area (Å²) in [6.07, 6.45) is 66.5. The van der Waals surface area contributed by atoms with Gasteiger partial charge in [0.1, 0.15) is 13.2 Å². The van der Waals surface area contributed by atoms with E-state index in [9.17, 15) is 14.4 Å². The van der Waals surface area contributed by atoms with Crippen LogP contribution in [0.15, 0.2) is 109 Å². The Hall–Kier alpha value is -3.93. The van der Waals surface area contributed by atoms with Crippen molar-refractivity contribution in [3.63, 3.8) is 0 Å². The van der Waals surface area contributed by atoms with Crippen molar-refractivity contribution in [1.82, 2.24) is 0 Å². The highest BCUT2D eigenvalue weighted by Gasteiger charge is 2.19. The van der Waals surface area contributed by atoms with Crippen LogP contribution in [0, 0.1) is 0 Å². The minimum atomic E-state index is -0.830. The molecular weight excluding hydrogens is 769 g/mol. The molecule has 6 nitrogen and oxygen atoms in total. The molecule has 1 atom stereocenters. The highest BCUT2D eigenvalue weighted by atomic mass is 16.6. The lowest BCUT2D eigenvalue weighted by molar-refractivity contribution is -0.166. The molecule has 0 amide bonds. The molecule has 0 fully saturated rings. The zero-order valence-corrected chi connectivity index (χ0v) is 39.8. The van der Waals surface area contributed by atoms with Gasteiger partial charge < -0.3 is 14.2 Å². The summed E-state index contributed by atoms with van der Waals surface area (Å²) < 4.78 is 16.6. The van der Waals surface area contributed by atoms with E-state index in [1.54, 1.807) is 0 Å². The van der Waals surface area contributed by atoms with Gasteiger partial charge in [-0.2, -0.15) is 0 Å². The molecule has 0 N–H and O–H groups in total. The number of unbranched alkanes of at least 4 members (excludes halogenated alkanes) is 19. The minimum absolute atomic E-state index is 0.124. The van der Waals surface area contributed by atoms with Crippen LogP contribution in [0.4, 0.5) is 0 Å². The largest absolute Gasteiger partial charge is 0.462 e. The lowest BCUT2D eigenvalue weighted by Crippen LogP contribution is -2.30. The fourth-order valence-corrected chi connectivity index (χ4v) is 6.39. The number of hydrogen-bond donors (Lipinski definition) is 0. The van der Waals surface area contributed by atoms with E-state index in [2.05, 4.69) is 87.6 Å². The Labute approximate surface area is 380 Å². The number of carbonyl (C=O) groups is 3. The predicted molar refractivity (Wildman–Crippen MR) is 265 cm³/mol. The molecule has 0 heterocycles. The van der Waals surface area contributed by atoms with Crippen LogP contribution in [0.25, 0.3) is 0 Å². The Morgan fingerprint density at radius 2 is 0.726 bits per heavy atom. The first-order valence-electron chi connectivity index (χ1n) is 25.0. The van der Waals surface area contributed by atoms with Gasteiger partial charge in [0.2, 0.25) is 0 Å². The van der Waals surface area contributed by atoms with Crippen LogP contribution < -0.4 is 0 Å². The monoisotopic (exact) mass is 859 g/mol. The lowest BCUT2D eigenvalue weighted by atomic mass is 10.1. The number of esters is 3. The van der Waals surface area contributed by atoms with Crippen LogP contribution in [0.1, 0.15) is 207 Å². The third kappa shape index (κ3) is 47.1. The highest BCUT2D eigenvalue weighted by molar-refractivity contribution is 5.71. The number of rotatable bonds is 43. The molecule has 0 aliphatic heterocycles. The third-order valence-electron chi connectivity index (χ3n) is 10.2. The summed E-state index contributed by atoms with van der Waals surface area (Å²) >= 11 is 0. The number of ether oxygens (including phenoxy) is 3. The van der Waals surface area contributed by atoms with Crippen molar-refractivity contribution in [3.05, 3.63) is 109 Å². The SMILES string of the molecule is CC/C=C/C=C/C=C/C=C/CCCCCC(=O)OC(COC(=O)CC/C=C/C/C=C/CCCCCCCC)COC(=O)CCCCCCC/C=C/C=C/C=C/CCCCCCC. The summed E-state index contributed by atoms with van der Waals surface area (Å²) in [5.74, 6) is -1.06. The van der Waals surface area contributed by atoms with Crippen LogP contribution in [0.2, 0.25) is 0 Å². The van der Waals surface area contributed by atoms with Gasteiger partial charge in [0.25, 0.3) is 0 Å². The van der Waals surface area contributed by atoms with Crippen molar-refractivity contribution < 1.29 is 28.6 Å². The topological polar surface area (TPSA) is 78.9 Å². The zero-order chi connectivity index (χ0) is 45.1. The zero-order valence-electron chi connectivity index (χ0n) is 39.8. The van der Waals surface area contributed by atoms with E-state index >= 15 is 0 Å². The van der Waals surface area contributed by atoms with Crippen molar-refractivity contribution in [2.75, 3.05) is 13.2 Å². The molecule has 6 heteroatoms. The van der Waals surface area contributed by atoms with Gasteiger partial charge >= 0.3 is 17.9 Å². The molecule has 0 spiro atoms. The Kier molecular flexibility index (Phi) is 46.6. The molecule has 0 aromatic rings. The van der Waals surface area contributed by atoms with Gasteiger partial charge in [-0.3, -0.25) is 14.4 Å². The fraction of sp³-hybridized carbons (Fsp3) is 0.625. The van der Waals surface area contributed by atoms with E-state index in [1.807, 2.05) is 42.5 Å². The summed E-state index contributed by atoms with van der Waals surface area (Å²) in [7, 11) is 0. The second-order valence-corrected chi connectivity index (χ2v) is 16.1. The van der Waals surface area contributed by atoms with Crippen molar-refractivity contribution in [1.29, 1.82) is 0 Å². The van der Waals surface area contributed by atoms with Crippen LogP contribution in [-0.4, -0.2) is 37.2 Å². The molecule has 0 saturated heterocycles. The Balaban J connectivity index is 4.55. The van der Waals surface area contributed by atoms with Gasteiger partial charge in [0.15, 0.2) is 6.10 Å². The van der Waals surface area contributed by atoms with Crippen molar-refractivity contribution in [2.45, 2.75) is 213 Å². The number of hydrogen-bond acceptors (Lipinski definition) is 6. The molecule has 0 aliphatic rings. The molecule has 1 unspecified atom stereocenters. The van der Waals surface area contributed by atoms with Gasteiger partial charge in [0, 0.05) is 19.3 Å². The summed E-state index contributed by atoms with van der Waals surface area (Å²) in [4.78, 5) is 37.9. The summed E-state index contributed by atoms with van der Waals surface area (Å²) in [6.45, 7) is 6.35. The van der Waals surface area contributed by atoms with Gasteiger partial charge in [-0.15, -0.1) is 0 Å². The smallest absolute Gasteiger partial charge is 0.306 e. The van der Waals surface area contributed by atoms with Crippen LogP contribution in [0.3, 0.4) is 0 Å². The fourth-order valence-electron chi connectivity index (χ4n) is 6.39. The number of allylic oxidation sites excluding steroid dienone is 18. The van der Waals surface area contributed by atoms with Gasteiger partial charge in [0.05, 0.1) is 0 Å². The average molecular weight is 859 g/mol. The first kappa shape index (κ1) is 58.1. The molecule has 62 heavy (non-hydrogen) atoms. The Bertz CT molecular complexity index is 1310. The van der Waals surface area contributed by atoms with E-state index in [-0.39, 0.29) is 44.0 Å². The van der Waals surface area contributed by atoms with E-state index in [0.717, 1.165) is 83.5 Å². The Morgan fingerprint density at radius 3 is 1.23 bits per heavy atom. The predicted octanol–water partition coefficient (Wildman–Crippen LogP) is 16.4. The molecule has 0 aliphatic carbocycles. The highest BCUT2D eigenvalue weighted by Crippen LogP contribution is 2.12. The van der Waals surface area contributed by atoms with Gasteiger partial charge in [-0.25, -0.2) is 0 Å². The summed E-state index contributed by atoms with van der Waals surface area (Å²) in [5.41, 5.74) is 0. The molecule has 350 valence electrons. The van der Waals surface area contributed by atoms with Crippen molar-refractivity contribution in [3.8, 4) is 0 Å². The summed E-state index contributed by atoms with van der Waals surface area (Å²) in [5, 5.41) is 0. The maximum atomic E-state index is 12.7. The second kappa shape index (κ2) is 49.7. The molecular formula is C56H90O6. The van der Waals surface area contributed by atoms with Gasteiger partial charge in [-0.1, -0.05) is 214 Å². The maximum Gasteiger partial charge on any atom is 0.306 e. The number of carbonyl (C=O) groups excluding carboxylic acids is 3.